The second-order valence-corrected chi connectivity index (χ2v) is 10.4. The quantitative estimate of drug-likeness (QED) is 0.322. The van der Waals surface area contributed by atoms with Crippen LogP contribution in [-0.2, 0) is 0 Å². The van der Waals surface area contributed by atoms with E-state index in [1.165, 1.54) is 16.0 Å². The van der Waals surface area contributed by atoms with Crippen molar-refractivity contribution >= 4 is 17.1 Å². The molecule has 3 aromatic carbocycles. The second-order valence-electron chi connectivity index (χ2n) is 9.42. The van der Waals surface area contributed by atoms with Crippen molar-refractivity contribution < 1.29 is 4.79 Å². The van der Waals surface area contributed by atoms with E-state index in [2.05, 4.69) is 5.10 Å². The number of carbonyl (C=O) groups is 1. The van der Waals surface area contributed by atoms with Crippen molar-refractivity contribution in [2.24, 2.45) is 0 Å². The maximum atomic E-state index is 14.2. The van der Waals surface area contributed by atoms with Gasteiger partial charge in [-0.05, 0) is 41.8 Å². The van der Waals surface area contributed by atoms with Crippen LogP contribution >= 0.6 is 11.3 Å². The minimum atomic E-state index is -1.38. The van der Waals surface area contributed by atoms with Gasteiger partial charge in [0.2, 0.25) is 0 Å². The van der Waals surface area contributed by atoms with Gasteiger partial charge in [0.15, 0.2) is 5.78 Å². The van der Waals surface area contributed by atoms with E-state index in [0.29, 0.717) is 27.5 Å². The Morgan fingerprint density at radius 2 is 1.32 bits per heavy atom. The van der Waals surface area contributed by atoms with E-state index >= 15 is 0 Å². The van der Waals surface area contributed by atoms with Crippen LogP contribution in [0.25, 0.3) is 17.1 Å². The summed E-state index contributed by atoms with van der Waals surface area (Å²) in [6, 6.07) is 24.3. The summed E-state index contributed by atoms with van der Waals surface area (Å²) in [5.41, 5.74) is -1.47. The van der Waals surface area contributed by atoms with Gasteiger partial charge in [-0.3, -0.25) is 4.79 Å². The molecule has 0 spiro atoms. The fourth-order valence-electron chi connectivity index (χ4n) is 5.44. The summed E-state index contributed by atoms with van der Waals surface area (Å²) >= 11 is 1.18. The molecule has 2 unspecified atom stereocenters. The molecular formula is C29H20N6O5S. The summed E-state index contributed by atoms with van der Waals surface area (Å²) < 4.78 is 5.30. The Bertz CT molecular complexity index is 2160. The Morgan fingerprint density at radius 1 is 0.683 bits per heavy atom. The van der Waals surface area contributed by atoms with Crippen molar-refractivity contribution in [3.8, 4) is 17.1 Å². The summed E-state index contributed by atoms with van der Waals surface area (Å²) in [6.07, 6.45) is 0. The number of hydrogen-bond donors (Lipinski definition) is 1. The average molecular weight is 565 g/mol. The predicted molar refractivity (Wildman–Crippen MR) is 152 cm³/mol. The molecule has 0 radical (unpaired) electrons. The standard InChI is InChI=1S/C29H20N6O5S/c36-25(22-16-9-17-41-22)24-23(33-27(38)31(26(37)30-33)18-10-3-1-4-11-18)20-14-7-8-15-21(20)34-28(39)32(29(40)35(24)34)19-12-5-2-6-13-19/h1-17,23-24H,(H,30,37). The van der Waals surface area contributed by atoms with Crippen LogP contribution in [0.4, 0.5) is 0 Å². The lowest BCUT2D eigenvalue weighted by Gasteiger charge is -2.33. The molecule has 11 nitrogen and oxygen atoms in total. The molecule has 0 amide bonds. The number of carbonyl (C=O) groups excluding carboxylic acids is 1. The van der Waals surface area contributed by atoms with Crippen LogP contribution in [0.15, 0.2) is 122 Å². The number of H-pyrrole nitrogens is 1. The average Bonchev–Trinajstić information content (AvgIpc) is 3.70. The van der Waals surface area contributed by atoms with Crippen molar-refractivity contribution in [3.63, 3.8) is 0 Å². The molecule has 41 heavy (non-hydrogen) atoms. The molecule has 0 aliphatic carbocycles. The van der Waals surface area contributed by atoms with Crippen LogP contribution in [-0.4, -0.2) is 34.1 Å². The SMILES string of the molecule is O=C(c1cccs1)C1C(n2[nH]c(=O)n(-c3ccccc3)c2=O)c2ccccc2-n2c(=O)n(-c3ccccc3)c(=O)n21. The van der Waals surface area contributed by atoms with Crippen molar-refractivity contribution in [1.29, 1.82) is 0 Å². The van der Waals surface area contributed by atoms with Gasteiger partial charge >= 0.3 is 22.8 Å². The summed E-state index contributed by atoms with van der Waals surface area (Å²) in [6.45, 7) is 0. The number of fused-ring (bicyclic) bond motifs is 3. The molecule has 1 aliphatic rings. The normalized spacial score (nSPS) is 15.8. The topological polar surface area (TPSA) is 126 Å². The molecule has 7 rings (SSSR count). The number of Topliss-reactive ketones (excluding diaryl/α,β-unsaturated/α-hetero) is 1. The minimum Gasteiger partial charge on any atom is -0.291 e. The summed E-state index contributed by atoms with van der Waals surface area (Å²) in [4.78, 5) is 69.5. The molecule has 0 bridgehead atoms. The van der Waals surface area contributed by atoms with Crippen LogP contribution in [0.2, 0.25) is 0 Å². The number of rotatable bonds is 5. The van der Waals surface area contributed by atoms with E-state index in [-0.39, 0.29) is 0 Å². The van der Waals surface area contributed by atoms with Gasteiger partial charge in [-0.1, -0.05) is 60.7 Å². The summed E-state index contributed by atoms with van der Waals surface area (Å²) in [5.74, 6) is -0.485. The van der Waals surface area contributed by atoms with Crippen LogP contribution < -0.4 is 22.8 Å². The number of benzene rings is 3. The Labute approximate surface area is 234 Å². The Kier molecular flexibility index (Phi) is 5.57. The molecule has 6 aromatic rings. The zero-order valence-electron chi connectivity index (χ0n) is 21.2. The van der Waals surface area contributed by atoms with Gasteiger partial charge in [0.25, 0.3) is 0 Å². The molecule has 2 atom stereocenters. The molecule has 1 N–H and O–H groups in total. The molecule has 0 fully saturated rings. The molecular weight excluding hydrogens is 544 g/mol. The van der Waals surface area contributed by atoms with E-state index in [1.807, 2.05) is 0 Å². The molecule has 1 aliphatic heterocycles. The summed E-state index contributed by atoms with van der Waals surface area (Å²) in [7, 11) is 0. The van der Waals surface area contributed by atoms with Crippen LogP contribution in [0.5, 0.6) is 0 Å². The van der Waals surface area contributed by atoms with E-state index in [0.717, 1.165) is 18.5 Å². The van der Waals surface area contributed by atoms with Crippen LogP contribution in [0.1, 0.15) is 27.3 Å². The highest BCUT2D eigenvalue weighted by molar-refractivity contribution is 7.12. The molecule has 3 aromatic heterocycles. The third-order valence-electron chi connectivity index (χ3n) is 7.18. The van der Waals surface area contributed by atoms with E-state index < -0.39 is 40.6 Å². The highest BCUT2D eigenvalue weighted by Crippen LogP contribution is 2.38. The summed E-state index contributed by atoms with van der Waals surface area (Å²) in [5, 5.41) is 4.33. The number of aromatic amines is 1. The van der Waals surface area contributed by atoms with Gasteiger partial charge in [0, 0.05) is 5.56 Å². The van der Waals surface area contributed by atoms with Crippen molar-refractivity contribution in [3.05, 3.63) is 155 Å². The third-order valence-corrected chi connectivity index (χ3v) is 8.06. The van der Waals surface area contributed by atoms with E-state index in [9.17, 15) is 24.0 Å². The van der Waals surface area contributed by atoms with Gasteiger partial charge in [-0.2, -0.15) is 4.68 Å². The third kappa shape index (κ3) is 3.61. The Balaban J connectivity index is 1.57. The number of hydrogen-bond acceptors (Lipinski definition) is 6. The highest BCUT2D eigenvalue weighted by Gasteiger charge is 2.44. The fourth-order valence-corrected chi connectivity index (χ4v) is 6.14. The van der Waals surface area contributed by atoms with E-state index in [4.69, 9.17) is 0 Å². The fraction of sp³-hybridized carbons (Fsp3) is 0.0690. The number of thiophene rings is 1. The second kappa shape index (κ2) is 9.31. The van der Waals surface area contributed by atoms with E-state index in [1.54, 1.807) is 102 Å². The molecule has 4 heterocycles. The monoisotopic (exact) mass is 564 g/mol. The first-order chi connectivity index (χ1) is 20.0. The number of nitrogens with one attached hydrogen (secondary N) is 1. The van der Waals surface area contributed by atoms with Crippen molar-refractivity contribution in [1.82, 2.24) is 28.3 Å². The first kappa shape index (κ1) is 24.5. The zero-order chi connectivity index (χ0) is 28.2. The predicted octanol–water partition coefficient (Wildman–Crippen LogP) is 2.52. The lowest BCUT2D eigenvalue weighted by molar-refractivity contribution is 0.0865. The number of aromatic nitrogens is 6. The minimum absolute atomic E-state index is 0.310. The lowest BCUT2D eigenvalue weighted by atomic mass is 9.92. The zero-order valence-corrected chi connectivity index (χ0v) is 22.0. The molecule has 0 saturated heterocycles. The van der Waals surface area contributed by atoms with Gasteiger partial charge in [-0.25, -0.2) is 42.8 Å². The van der Waals surface area contributed by atoms with Gasteiger partial charge in [0.1, 0.15) is 12.1 Å². The molecule has 202 valence electrons. The smallest absolute Gasteiger partial charge is 0.291 e. The largest absolute Gasteiger partial charge is 0.356 e. The van der Waals surface area contributed by atoms with Gasteiger partial charge in [0.05, 0.1) is 21.9 Å². The van der Waals surface area contributed by atoms with Crippen LogP contribution in [0, 0.1) is 0 Å². The van der Waals surface area contributed by atoms with Gasteiger partial charge < -0.3 is 0 Å². The Hall–Kier alpha value is -5.49. The molecule has 0 saturated carbocycles. The number of para-hydroxylation sites is 3. The lowest BCUT2D eigenvalue weighted by Crippen LogP contribution is -2.46. The molecule has 12 heteroatoms. The first-order valence-corrected chi connectivity index (χ1v) is 13.5. The van der Waals surface area contributed by atoms with Crippen LogP contribution in [0.3, 0.4) is 0 Å². The highest BCUT2D eigenvalue weighted by atomic mass is 32.1. The van der Waals surface area contributed by atoms with Crippen molar-refractivity contribution in [2.45, 2.75) is 12.1 Å². The maximum absolute atomic E-state index is 14.2. The number of ketones is 1. The first-order valence-electron chi connectivity index (χ1n) is 12.7. The van der Waals surface area contributed by atoms with Crippen molar-refractivity contribution in [2.75, 3.05) is 0 Å². The van der Waals surface area contributed by atoms with Gasteiger partial charge in [-0.15, -0.1) is 11.3 Å². The number of nitrogens with zero attached hydrogens (tertiary/aromatic N) is 5. The Morgan fingerprint density at radius 3 is 1.98 bits per heavy atom. The maximum Gasteiger partial charge on any atom is 0.356 e.